The molecule has 1 atom stereocenters. The van der Waals surface area contributed by atoms with Crippen LogP contribution in [0.4, 0.5) is 0 Å². The number of hydrogen-bond donors (Lipinski definition) is 1. The minimum absolute atomic E-state index is 0.347. The molecule has 2 rings (SSSR count). The van der Waals surface area contributed by atoms with Crippen LogP contribution in [0.15, 0.2) is 12.4 Å². The van der Waals surface area contributed by atoms with Crippen LogP contribution in [-0.2, 0) is 19.4 Å². The second-order valence-corrected chi connectivity index (χ2v) is 4.96. The van der Waals surface area contributed by atoms with E-state index in [0.717, 1.165) is 17.8 Å². The topological polar surface area (TPSA) is 73.1 Å². The molecule has 21 heavy (non-hydrogen) atoms. The molecule has 7 heteroatoms. The van der Waals surface area contributed by atoms with E-state index >= 15 is 0 Å². The first-order valence-corrected chi connectivity index (χ1v) is 7.26. The molecule has 0 saturated carbocycles. The van der Waals surface area contributed by atoms with Crippen molar-refractivity contribution in [2.45, 2.75) is 39.3 Å². The number of rotatable bonds is 6. The standard InChI is InChI=1S/C14H19ClN4O2/c1-4-9-14(15)11(19(5-2)18-9)7-12(20)10-6-13(21-3)17-8-16-10/h6,8,12,20H,4-5,7H2,1-3H3. The Labute approximate surface area is 128 Å². The van der Waals surface area contributed by atoms with Crippen molar-refractivity contribution in [1.29, 1.82) is 0 Å². The van der Waals surface area contributed by atoms with Crippen molar-refractivity contribution >= 4 is 11.6 Å². The third kappa shape index (κ3) is 3.33. The Morgan fingerprint density at radius 3 is 2.76 bits per heavy atom. The van der Waals surface area contributed by atoms with Gasteiger partial charge in [0.1, 0.15) is 12.4 Å². The molecular weight excluding hydrogens is 292 g/mol. The highest BCUT2D eigenvalue weighted by atomic mass is 35.5. The quantitative estimate of drug-likeness (QED) is 0.885. The van der Waals surface area contributed by atoms with Crippen LogP contribution in [0.2, 0.25) is 5.02 Å². The minimum Gasteiger partial charge on any atom is -0.481 e. The van der Waals surface area contributed by atoms with Gasteiger partial charge in [0.2, 0.25) is 5.88 Å². The lowest BCUT2D eigenvalue weighted by atomic mass is 10.1. The molecular formula is C14H19ClN4O2. The molecule has 2 aromatic rings. The fraction of sp³-hybridized carbons (Fsp3) is 0.500. The molecule has 114 valence electrons. The first-order valence-electron chi connectivity index (χ1n) is 6.88. The number of aliphatic hydroxyl groups excluding tert-OH is 1. The highest BCUT2D eigenvalue weighted by molar-refractivity contribution is 6.31. The van der Waals surface area contributed by atoms with Gasteiger partial charge in [0.05, 0.1) is 29.2 Å². The highest BCUT2D eigenvalue weighted by Gasteiger charge is 2.19. The average molecular weight is 311 g/mol. The second kappa shape index (κ2) is 6.87. The zero-order valence-corrected chi connectivity index (χ0v) is 13.1. The van der Waals surface area contributed by atoms with Gasteiger partial charge < -0.3 is 9.84 Å². The van der Waals surface area contributed by atoms with Crippen LogP contribution in [-0.4, -0.2) is 32.0 Å². The molecule has 0 bridgehead atoms. The number of hydrogen-bond acceptors (Lipinski definition) is 5. The largest absolute Gasteiger partial charge is 0.481 e. The van der Waals surface area contributed by atoms with E-state index in [2.05, 4.69) is 15.1 Å². The van der Waals surface area contributed by atoms with Crippen LogP contribution in [0, 0.1) is 0 Å². The van der Waals surface area contributed by atoms with Gasteiger partial charge in [-0.25, -0.2) is 9.97 Å². The van der Waals surface area contributed by atoms with Gasteiger partial charge in [-0.3, -0.25) is 4.68 Å². The molecule has 2 aromatic heterocycles. The summed E-state index contributed by atoms with van der Waals surface area (Å²) in [5.74, 6) is 0.420. The SMILES string of the molecule is CCc1nn(CC)c(CC(O)c2cc(OC)ncn2)c1Cl. The zero-order valence-electron chi connectivity index (χ0n) is 12.4. The predicted octanol–water partition coefficient (Wildman–Crippen LogP) is 2.19. The Morgan fingerprint density at radius 2 is 2.14 bits per heavy atom. The number of nitrogens with zero attached hydrogens (tertiary/aromatic N) is 4. The molecule has 0 radical (unpaired) electrons. The molecule has 0 fully saturated rings. The maximum Gasteiger partial charge on any atom is 0.216 e. The predicted molar refractivity (Wildman–Crippen MR) is 79.5 cm³/mol. The minimum atomic E-state index is -0.786. The third-order valence-electron chi connectivity index (χ3n) is 3.29. The fourth-order valence-electron chi connectivity index (χ4n) is 2.15. The van der Waals surface area contributed by atoms with Crippen LogP contribution in [0.25, 0.3) is 0 Å². The van der Waals surface area contributed by atoms with E-state index in [-0.39, 0.29) is 0 Å². The molecule has 0 amide bonds. The smallest absolute Gasteiger partial charge is 0.216 e. The first kappa shape index (κ1) is 15.7. The van der Waals surface area contributed by atoms with Crippen LogP contribution in [0.5, 0.6) is 5.88 Å². The monoisotopic (exact) mass is 310 g/mol. The van der Waals surface area contributed by atoms with Crippen molar-refractivity contribution in [2.24, 2.45) is 0 Å². The molecule has 0 aliphatic carbocycles. The second-order valence-electron chi connectivity index (χ2n) is 4.58. The molecule has 6 nitrogen and oxygen atoms in total. The molecule has 2 heterocycles. The van der Waals surface area contributed by atoms with E-state index < -0.39 is 6.10 Å². The van der Waals surface area contributed by atoms with Gasteiger partial charge in [-0.2, -0.15) is 5.10 Å². The van der Waals surface area contributed by atoms with E-state index in [1.807, 2.05) is 18.5 Å². The highest BCUT2D eigenvalue weighted by Crippen LogP contribution is 2.26. The Morgan fingerprint density at radius 1 is 1.38 bits per heavy atom. The molecule has 0 saturated heterocycles. The third-order valence-corrected chi connectivity index (χ3v) is 3.73. The summed E-state index contributed by atoms with van der Waals surface area (Å²) in [5.41, 5.74) is 2.17. The Bertz CT molecular complexity index is 615. The molecule has 1 N–H and O–H groups in total. The van der Waals surface area contributed by atoms with Crippen molar-refractivity contribution in [1.82, 2.24) is 19.7 Å². The maximum absolute atomic E-state index is 10.4. The molecule has 0 aliphatic rings. The molecule has 0 aliphatic heterocycles. The van der Waals surface area contributed by atoms with Gasteiger partial charge in [0, 0.05) is 19.0 Å². The van der Waals surface area contributed by atoms with Crippen LogP contribution in [0.3, 0.4) is 0 Å². The van der Waals surface area contributed by atoms with Gasteiger partial charge >= 0.3 is 0 Å². The van der Waals surface area contributed by atoms with E-state index in [0.29, 0.717) is 29.6 Å². The van der Waals surface area contributed by atoms with Gasteiger partial charge in [0.25, 0.3) is 0 Å². The van der Waals surface area contributed by atoms with Crippen LogP contribution < -0.4 is 4.74 Å². The number of halogens is 1. The lowest BCUT2D eigenvalue weighted by Gasteiger charge is -2.12. The summed E-state index contributed by atoms with van der Waals surface area (Å²) in [6.45, 7) is 4.70. The normalized spacial score (nSPS) is 12.4. The summed E-state index contributed by atoms with van der Waals surface area (Å²) < 4.78 is 6.86. The zero-order chi connectivity index (χ0) is 15.4. The average Bonchev–Trinajstić information content (AvgIpc) is 2.83. The summed E-state index contributed by atoms with van der Waals surface area (Å²) in [6, 6.07) is 1.62. The summed E-state index contributed by atoms with van der Waals surface area (Å²) in [4.78, 5) is 8.01. The van der Waals surface area contributed by atoms with Crippen molar-refractivity contribution in [2.75, 3.05) is 7.11 Å². The van der Waals surface area contributed by atoms with Crippen molar-refractivity contribution < 1.29 is 9.84 Å². The van der Waals surface area contributed by atoms with Gasteiger partial charge in [-0.1, -0.05) is 18.5 Å². The number of aromatic nitrogens is 4. The van der Waals surface area contributed by atoms with E-state index in [9.17, 15) is 5.11 Å². The summed E-state index contributed by atoms with van der Waals surface area (Å²) in [7, 11) is 1.52. The van der Waals surface area contributed by atoms with E-state index in [4.69, 9.17) is 16.3 Å². The van der Waals surface area contributed by atoms with Gasteiger partial charge in [0.15, 0.2) is 0 Å². The fourth-order valence-corrected chi connectivity index (χ4v) is 2.49. The lowest BCUT2D eigenvalue weighted by molar-refractivity contribution is 0.170. The molecule has 1 unspecified atom stereocenters. The van der Waals surface area contributed by atoms with Crippen LogP contribution in [0.1, 0.15) is 37.0 Å². The molecule has 0 aromatic carbocycles. The summed E-state index contributed by atoms with van der Waals surface area (Å²) in [5, 5.41) is 15.4. The van der Waals surface area contributed by atoms with E-state index in [1.165, 1.54) is 13.4 Å². The van der Waals surface area contributed by atoms with E-state index in [1.54, 1.807) is 6.07 Å². The number of methoxy groups -OCH3 is 1. The molecule has 0 spiro atoms. The number of aliphatic hydroxyl groups is 1. The first-order chi connectivity index (χ1) is 10.1. The Balaban J connectivity index is 2.26. The maximum atomic E-state index is 10.4. The summed E-state index contributed by atoms with van der Waals surface area (Å²) >= 11 is 6.35. The Hall–Kier alpha value is -1.66. The summed E-state index contributed by atoms with van der Waals surface area (Å²) in [6.07, 6.45) is 1.69. The lowest BCUT2D eigenvalue weighted by Crippen LogP contribution is -2.10. The number of ether oxygens (including phenoxy) is 1. The van der Waals surface area contributed by atoms with Crippen molar-refractivity contribution in [3.8, 4) is 5.88 Å². The number of aryl methyl sites for hydroxylation is 2. The van der Waals surface area contributed by atoms with Crippen LogP contribution >= 0.6 is 11.6 Å². The Kier molecular flexibility index (Phi) is 5.14. The van der Waals surface area contributed by atoms with Crippen molar-refractivity contribution in [3.05, 3.63) is 34.5 Å². The van der Waals surface area contributed by atoms with Crippen molar-refractivity contribution in [3.63, 3.8) is 0 Å². The van der Waals surface area contributed by atoms with Gasteiger partial charge in [-0.15, -0.1) is 0 Å². The van der Waals surface area contributed by atoms with Gasteiger partial charge in [-0.05, 0) is 13.3 Å².